The van der Waals surface area contributed by atoms with E-state index in [-0.39, 0.29) is 48.6 Å². The Balaban J connectivity index is 1.45. The van der Waals surface area contributed by atoms with Gasteiger partial charge in [0, 0.05) is 36.3 Å². The number of benzene rings is 2. The smallest absolute Gasteiger partial charge is 0.378 e. The van der Waals surface area contributed by atoms with Gasteiger partial charge in [-0.05, 0) is 54.4 Å². The minimum atomic E-state index is -4.58. The minimum Gasteiger partial charge on any atom is -0.378 e. The molecule has 2 unspecified atom stereocenters. The number of nitrogens with zero attached hydrogens (tertiary/aromatic N) is 3. The number of thiocarbonyl (C=S) groups is 1. The van der Waals surface area contributed by atoms with Gasteiger partial charge in [0.15, 0.2) is 0 Å². The highest BCUT2D eigenvalue weighted by Crippen LogP contribution is 2.40. The molecule has 1 aliphatic rings. The standard InChI is InChI=1S/C40H50F4N8O2S/c1-6-24(3)34(49-33(53)20-27-12-8-9-15-31(27)41)26(5)51-39(17-16-32-29(21-39)28-13-10-14-30(36(28)48-32)40(42,43)44)38(54)50-35(25(4)7-2)37(55)46-18-11-19-52-23-45-22-47-52/h8-10,12-15,22-25,34-35,48,51H,5-7,11,16-21H2,1-4H3,(H,46,55)(H,49,53)(H,50,54)/t24?,25?,34-,35-,39+/m0/s1. The molecule has 1 aliphatic carbocycles. The van der Waals surface area contributed by atoms with E-state index in [4.69, 9.17) is 12.2 Å². The normalized spacial score (nSPS) is 17.7. The van der Waals surface area contributed by atoms with Crippen LogP contribution in [0.25, 0.3) is 10.9 Å². The van der Waals surface area contributed by atoms with Crippen LogP contribution in [0.2, 0.25) is 0 Å². The summed E-state index contributed by atoms with van der Waals surface area (Å²) in [6.45, 7) is 13.4. The Labute approximate surface area is 324 Å². The number of aryl methyl sites for hydroxylation is 2. The van der Waals surface area contributed by atoms with Gasteiger partial charge in [0.1, 0.15) is 24.0 Å². The van der Waals surface area contributed by atoms with E-state index in [1.807, 2.05) is 27.7 Å². The second-order valence-corrected chi connectivity index (χ2v) is 15.0. The molecule has 0 aliphatic heterocycles. The predicted octanol–water partition coefficient (Wildman–Crippen LogP) is 6.56. The highest BCUT2D eigenvalue weighted by molar-refractivity contribution is 7.80. The molecule has 296 valence electrons. The summed E-state index contributed by atoms with van der Waals surface area (Å²) in [5, 5.41) is 17.5. The third-order valence-electron chi connectivity index (χ3n) is 10.8. The van der Waals surface area contributed by atoms with Gasteiger partial charge >= 0.3 is 6.18 Å². The van der Waals surface area contributed by atoms with Crippen molar-refractivity contribution in [2.75, 3.05) is 6.54 Å². The molecule has 2 aromatic heterocycles. The second-order valence-electron chi connectivity index (χ2n) is 14.6. The van der Waals surface area contributed by atoms with Crippen molar-refractivity contribution in [2.45, 2.75) is 103 Å². The molecule has 2 amide bonds. The second kappa shape index (κ2) is 17.8. The van der Waals surface area contributed by atoms with Crippen LogP contribution in [0.5, 0.6) is 0 Å². The molecule has 5 rings (SSSR count). The van der Waals surface area contributed by atoms with Crippen molar-refractivity contribution in [3.05, 3.63) is 95.6 Å². The lowest BCUT2D eigenvalue weighted by atomic mass is 9.77. The number of para-hydroxylation sites is 1. The summed E-state index contributed by atoms with van der Waals surface area (Å²) in [5.74, 6) is -1.51. The first-order valence-corrected chi connectivity index (χ1v) is 19.2. The number of alkyl halides is 3. The summed E-state index contributed by atoms with van der Waals surface area (Å²) < 4.78 is 58.5. The summed E-state index contributed by atoms with van der Waals surface area (Å²) in [6.07, 6.45) is 0.889. The van der Waals surface area contributed by atoms with Crippen molar-refractivity contribution in [1.82, 2.24) is 41.0 Å². The van der Waals surface area contributed by atoms with Crippen LogP contribution in [0, 0.1) is 17.7 Å². The van der Waals surface area contributed by atoms with Crippen LogP contribution in [0.4, 0.5) is 17.6 Å². The molecular weight excluding hydrogens is 733 g/mol. The fraction of sp³-hybridized carbons (Fsp3) is 0.475. The third-order valence-corrected chi connectivity index (χ3v) is 11.2. The Morgan fingerprint density at radius 1 is 1.05 bits per heavy atom. The number of nitrogens with one attached hydrogen (secondary N) is 5. The number of H-pyrrole nitrogens is 1. The van der Waals surface area contributed by atoms with Gasteiger partial charge in [0.2, 0.25) is 11.8 Å². The molecule has 0 bridgehead atoms. The molecular formula is C40H50F4N8O2S. The zero-order valence-corrected chi connectivity index (χ0v) is 32.5. The minimum absolute atomic E-state index is 0.0262. The zero-order chi connectivity index (χ0) is 39.9. The van der Waals surface area contributed by atoms with E-state index in [2.05, 4.69) is 42.9 Å². The van der Waals surface area contributed by atoms with Crippen LogP contribution in [0.15, 0.2) is 67.4 Å². The first-order valence-electron chi connectivity index (χ1n) is 18.8. The van der Waals surface area contributed by atoms with Gasteiger partial charge in [-0.25, -0.2) is 9.37 Å². The molecule has 0 saturated carbocycles. The molecule has 55 heavy (non-hydrogen) atoms. The monoisotopic (exact) mass is 782 g/mol. The van der Waals surface area contributed by atoms with E-state index >= 15 is 0 Å². The lowest BCUT2D eigenvalue weighted by molar-refractivity contribution is -0.136. The molecule has 10 nitrogen and oxygen atoms in total. The van der Waals surface area contributed by atoms with Crippen molar-refractivity contribution >= 4 is 39.9 Å². The van der Waals surface area contributed by atoms with Gasteiger partial charge < -0.3 is 26.3 Å². The molecule has 5 N–H and O–H groups in total. The molecule has 4 aromatic rings. The van der Waals surface area contributed by atoms with Crippen LogP contribution in [0.3, 0.4) is 0 Å². The maximum absolute atomic E-state index is 14.9. The molecule has 0 saturated heterocycles. The lowest BCUT2D eigenvalue weighted by Gasteiger charge is -2.42. The Bertz CT molecular complexity index is 1980. The number of fused-ring (bicyclic) bond motifs is 3. The summed E-state index contributed by atoms with van der Waals surface area (Å²) in [4.78, 5) is 35.7. The zero-order valence-electron chi connectivity index (χ0n) is 31.7. The number of halogens is 4. The van der Waals surface area contributed by atoms with Crippen molar-refractivity contribution in [3.63, 3.8) is 0 Å². The Kier molecular flexibility index (Phi) is 13.4. The number of aromatic amines is 1. The summed E-state index contributed by atoms with van der Waals surface area (Å²) >= 11 is 5.85. The highest BCUT2D eigenvalue weighted by atomic mass is 32.1. The fourth-order valence-corrected chi connectivity index (χ4v) is 7.58. The fourth-order valence-electron chi connectivity index (χ4n) is 7.19. The SMILES string of the molecule is C=C(N[C@]1(C(=O)N[C@H](C(=S)NCCCn2cncn2)C(C)CC)CCc2[nH]c3c(C(F)(F)F)cccc3c2C1)[C@@H](NC(=O)Cc1ccccc1F)C(C)CC. The Hall–Kier alpha value is -4.79. The molecule has 5 atom stereocenters. The Morgan fingerprint density at radius 2 is 1.78 bits per heavy atom. The van der Waals surface area contributed by atoms with E-state index in [1.54, 1.807) is 35.3 Å². The summed E-state index contributed by atoms with van der Waals surface area (Å²) in [6, 6.07) is 8.89. The largest absolute Gasteiger partial charge is 0.418 e. The van der Waals surface area contributed by atoms with Crippen LogP contribution in [-0.4, -0.2) is 60.7 Å². The molecule has 0 spiro atoms. The average molecular weight is 783 g/mol. The first kappa shape index (κ1) is 41.4. The summed E-state index contributed by atoms with van der Waals surface area (Å²) in [5.41, 5.74) is -0.361. The number of carbonyl (C=O) groups excluding carboxylic acids is 2. The molecule has 0 radical (unpaired) electrons. The molecule has 2 heterocycles. The van der Waals surface area contributed by atoms with E-state index in [0.29, 0.717) is 59.7 Å². The van der Waals surface area contributed by atoms with E-state index in [1.165, 1.54) is 18.5 Å². The van der Waals surface area contributed by atoms with Crippen molar-refractivity contribution in [3.8, 4) is 0 Å². The Morgan fingerprint density at radius 3 is 2.45 bits per heavy atom. The van der Waals surface area contributed by atoms with E-state index < -0.39 is 47.0 Å². The van der Waals surface area contributed by atoms with E-state index in [9.17, 15) is 27.2 Å². The average Bonchev–Trinajstić information content (AvgIpc) is 3.82. The van der Waals surface area contributed by atoms with Crippen LogP contribution < -0.4 is 21.3 Å². The van der Waals surface area contributed by atoms with Gasteiger partial charge in [-0.2, -0.15) is 18.3 Å². The highest BCUT2D eigenvalue weighted by Gasteiger charge is 2.46. The number of carbonyl (C=O) groups is 2. The van der Waals surface area contributed by atoms with Crippen molar-refractivity contribution in [2.24, 2.45) is 11.8 Å². The predicted molar refractivity (Wildman–Crippen MR) is 208 cm³/mol. The number of aromatic nitrogens is 4. The van der Waals surface area contributed by atoms with Gasteiger partial charge in [-0.15, -0.1) is 0 Å². The molecule has 0 fully saturated rings. The van der Waals surface area contributed by atoms with Gasteiger partial charge in [0.05, 0.1) is 34.6 Å². The summed E-state index contributed by atoms with van der Waals surface area (Å²) in [7, 11) is 0. The van der Waals surface area contributed by atoms with Crippen molar-refractivity contribution in [1.29, 1.82) is 0 Å². The number of rotatable bonds is 17. The molecule has 15 heteroatoms. The van der Waals surface area contributed by atoms with Crippen molar-refractivity contribution < 1.29 is 27.2 Å². The number of amides is 2. The van der Waals surface area contributed by atoms with Crippen LogP contribution in [-0.2, 0) is 41.6 Å². The van der Waals surface area contributed by atoms with Gasteiger partial charge in [-0.1, -0.05) is 89.7 Å². The maximum atomic E-state index is 14.9. The lowest BCUT2D eigenvalue weighted by Crippen LogP contribution is -2.64. The van der Waals surface area contributed by atoms with Crippen LogP contribution >= 0.6 is 12.2 Å². The maximum Gasteiger partial charge on any atom is 0.418 e. The van der Waals surface area contributed by atoms with Crippen LogP contribution in [0.1, 0.15) is 75.8 Å². The van der Waals surface area contributed by atoms with Gasteiger partial charge in [0.25, 0.3) is 0 Å². The first-order chi connectivity index (χ1) is 26.2. The molecule has 2 aromatic carbocycles. The topological polar surface area (TPSA) is 129 Å². The van der Waals surface area contributed by atoms with Gasteiger partial charge in [-0.3, -0.25) is 14.3 Å². The quantitative estimate of drug-likeness (QED) is 0.0467. The number of hydrogen-bond acceptors (Lipinski definition) is 6. The number of hydrogen-bond donors (Lipinski definition) is 5. The third kappa shape index (κ3) is 9.72. The van der Waals surface area contributed by atoms with E-state index in [0.717, 1.165) is 6.07 Å².